The van der Waals surface area contributed by atoms with Crippen LogP contribution in [0.5, 0.6) is 0 Å². The van der Waals surface area contributed by atoms with Crippen LogP contribution >= 0.6 is 0 Å². The molecule has 0 aromatic heterocycles. The lowest BCUT2D eigenvalue weighted by atomic mass is 10.0. The lowest BCUT2D eigenvalue weighted by molar-refractivity contribution is -0.140. The van der Waals surface area contributed by atoms with Crippen molar-refractivity contribution in [2.24, 2.45) is 0 Å². The topological polar surface area (TPSA) is 86.8 Å². The summed E-state index contributed by atoms with van der Waals surface area (Å²) < 4.78 is 27.0. The number of aryl methyl sites for hydroxylation is 2. The number of likely N-dealkylation sites (N-methyl/N-ethyl adjacent to an activating group) is 1. The third-order valence-corrected chi connectivity index (χ3v) is 7.87. The van der Waals surface area contributed by atoms with Crippen LogP contribution in [0.1, 0.15) is 34.7 Å². The molecule has 3 aromatic carbocycles. The number of hydrogen-bond acceptors (Lipinski definition) is 4. The van der Waals surface area contributed by atoms with E-state index in [1.165, 1.54) is 4.90 Å². The first-order chi connectivity index (χ1) is 18.0. The largest absolute Gasteiger partial charge is 0.355 e. The predicted molar refractivity (Wildman–Crippen MR) is 152 cm³/mol. The zero-order valence-corrected chi connectivity index (χ0v) is 23.6. The average molecular weight is 536 g/mol. The molecule has 0 bridgehead atoms. The van der Waals surface area contributed by atoms with Crippen molar-refractivity contribution in [3.05, 3.63) is 101 Å². The summed E-state index contributed by atoms with van der Waals surface area (Å²) in [6.07, 6.45) is 1.39. The molecule has 0 spiro atoms. The molecule has 0 fully saturated rings. The van der Waals surface area contributed by atoms with Crippen molar-refractivity contribution in [3.63, 3.8) is 0 Å². The number of carbonyl (C=O) groups is 2. The normalized spacial score (nSPS) is 12.0. The molecule has 3 aromatic rings. The molecule has 0 aliphatic carbocycles. The minimum atomic E-state index is -3.80. The summed E-state index contributed by atoms with van der Waals surface area (Å²) in [6.45, 7) is 7.69. The lowest BCUT2D eigenvalue weighted by Crippen LogP contribution is -2.53. The molecule has 1 atom stereocenters. The number of benzene rings is 3. The zero-order chi connectivity index (χ0) is 27.9. The molecule has 0 aliphatic rings. The zero-order valence-electron chi connectivity index (χ0n) is 22.8. The quantitative estimate of drug-likeness (QED) is 0.400. The molecule has 0 heterocycles. The van der Waals surface area contributed by atoms with E-state index in [9.17, 15) is 18.0 Å². The molecular formula is C30H37N3O4S. The predicted octanol–water partition coefficient (Wildman–Crippen LogP) is 4.15. The van der Waals surface area contributed by atoms with E-state index in [4.69, 9.17) is 0 Å². The highest BCUT2D eigenvalue weighted by molar-refractivity contribution is 7.92. The number of nitrogens with zero attached hydrogens (tertiary/aromatic N) is 2. The van der Waals surface area contributed by atoms with Crippen LogP contribution < -0.4 is 9.62 Å². The molecule has 38 heavy (non-hydrogen) atoms. The number of anilines is 1. The van der Waals surface area contributed by atoms with Gasteiger partial charge in [-0.05, 0) is 61.6 Å². The van der Waals surface area contributed by atoms with Crippen LogP contribution in [0.15, 0.2) is 72.8 Å². The van der Waals surface area contributed by atoms with E-state index in [0.29, 0.717) is 18.7 Å². The fourth-order valence-corrected chi connectivity index (χ4v) is 5.32. The summed E-state index contributed by atoms with van der Waals surface area (Å²) in [5.74, 6) is -0.734. The van der Waals surface area contributed by atoms with Crippen LogP contribution in [-0.4, -0.2) is 50.5 Å². The SMILES string of the molecule is CCNC(=O)[C@@H](Cc1ccccc1)N(Cc1ccccc1C)C(=O)CN(c1cccc(C)c1C)S(C)(=O)=O. The monoisotopic (exact) mass is 535 g/mol. The molecular weight excluding hydrogens is 498 g/mol. The summed E-state index contributed by atoms with van der Waals surface area (Å²) >= 11 is 0. The average Bonchev–Trinajstić information content (AvgIpc) is 2.87. The van der Waals surface area contributed by atoms with Crippen LogP contribution in [0.25, 0.3) is 0 Å². The van der Waals surface area contributed by atoms with Crippen molar-refractivity contribution in [2.75, 3.05) is 23.7 Å². The molecule has 0 aliphatic heterocycles. The standard InChI is InChI=1S/C30H37N3O4S/c1-6-31-30(35)28(19-25-15-8-7-9-16-25)32(20-26-17-11-10-13-23(26)3)29(34)21-33(38(5,36)37)27-18-12-14-22(2)24(27)4/h7-18,28H,6,19-21H2,1-5H3,(H,31,35)/t28-/m1/s1. The maximum Gasteiger partial charge on any atom is 0.244 e. The van der Waals surface area contributed by atoms with Crippen molar-refractivity contribution in [1.29, 1.82) is 0 Å². The number of carbonyl (C=O) groups excluding carboxylic acids is 2. The van der Waals surface area contributed by atoms with E-state index in [-0.39, 0.29) is 12.5 Å². The van der Waals surface area contributed by atoms with Gasteiger partial charge in [0.2, 0.25) is 21.8 Å². The third kappa shape index (κ3) is 7.22. The van der Waals surface area contributed by atoms with Gasteiger partial charge in [0.05, 0.1) is 11.9 Å². The van der Waals surface area contributed by atoms with E-state index < -0.39 is 28.5 Å². The lowest BCUT2D eigenvalue weighted by Gasteiger charge is -2.34. The van der Waals surface area contributed by atoms with E-state index in [1.807, 2.05) is 88.4 Å². The van der Waals surface area contributed by atoms with Crippen LogP contribution in [-0.2, 0) is 32.6 Å². The molecule has 0 unspecified atom stereocenters. The molecule has 2 amide bonds. The van der Waals surface area contributed by atoms with Gasteiger partial charge in [-0.3, -0.25) is 13.9 Å². The summed E-state index contributed by atoms with van der Waals surface area (Å²) in [4.78, 5) is 29.0. The second-order valence-electron chi connectivity index (χ2n) is 9.54. The number of sulfonamides is 1. The van der Waals surface area contributed by atoms with Crippen LogP contribution in [0.3, 0.4) is 0 Å². The Hall–Kier alpha value is -3.65. The summed E-state index contributed by atoms with van der Waals surface area (Å²) in [5.41, 5.74) is 4.93. The fraction of sp³-hybridized carbons (Fsp3) is 0.333. The Morgan fingerprint density at radius 2 is 1.50 bits per heavy atom. The van der Waals surface area contributed by atoms with Gasteiger partial charge in [0.25, 0.3) is 0 Å². The van der Waals surface area contributed by atoms with Gasteiger partial charge in [-0.1, -0.05) is 66.7 Å². The van der Waals surface area contributed by atoms with E-state index in [0.717, 1.165) is 38.4 Å². The highest BCUT2D eigenvalue weighted by atomic mass is 32.2. The van der Waals surface area contributed by atoms with Gasteiger partial charge < -0.3 is 10.2 Å². The van der Waals surface area contributed by atoms with Crippen molar-refractivity contribution in [1.82, 2.24) is 10.2 Å². The smallest absolute Gasteiger partial charge is 0.244 e. The Morgan fingerprint density at radius 1 is 0.868 bits per heavy atom. The summed E-state index contributed by atoms with van der Waals surface area (Å²) in [7, 11) is -3.80. The molecule has 8 heteroatoms. The number of amides is 2. The van der Waals surface area contributed by atoms with Gasteiger partial charge in [0.15, 0.2) is 0 Å². The maximum absolute atomic E-state index is 14.1. The summed E-state index contributed by atoms with van der Waals surface area (Å²) in [5, 5.41) is 2.87. The Labute approximate surface area is 226 Å². The van der Waals surface area contributed by atoms with Gasteiger partial charge in [0.1, 0.15) is 12.6 Å². The van der Waals surface area contributed by atoms with E-state index in [2.05, 4.69) is 5.32 Å². The second-order valence-corrected chi connectivity index (χ2v) is 11.4. The van der Waals surface area contributed by atoms with Crippen LogP contribution in [0.2, 0.25) is 0 Å². The number of rotatable bonds is 11. The molecule has 0 saturated carbocycles. The minimum Gasteiger partial charge on any atom is -0.355 e. The third-order valence-electron chi connectivity index (χ3n) is 6.75. The first kappa shape index (κ1) is 28.9. The van der Waals surface area contributed by atoms with Gasteiger partial charge in [-0.15, -0.1) is 0 Å². The van der Waals surface area contributed by atoms with Crippen LogP contribution in [0, 0.1) is 20.8 Å². The van der Waals surface area contributed by atoms with Crippen molar-refractivity contribution >= 4 is 27.5 Å². The first-order valence-electron chi connectivity index (χ1n) is 12.7. The minimum absolute atomic E-state index is 0.171. The fourth-order valence-electron chi connectivity index (χ4n) is 4.42. The van der Waals surface area contributed by atoms with E-state index >= 15 is 0 Å². The number of hydrogen-bond donors (Lipinski definition) is 1. The Bertz CT molecular complexity index is 1370. The van der Waals surface area contributed by atoms with Gasteiger partial charge in [-0.2, -0.15) is 0 Å². The van der Waals surface area contributed by atoms with E-state index in [1.54, 1.807) is 12.1 Å². The Morgan fingerprint density at radius 3 is 2.13 bits per heavy atom. The van der Waals surface area contributed by atoms with Gasteiger partial charge in [0, 0.05) is 19.5 Å². The molecule has 0 saturated heterocycles. The van der Waals surface area contributed by atoms with Crippen molar-refractivity contribution < 1.29 is 18.0 Å². The molecule has 7 nitrogen and oxygen atoms in total. The highest BCUT2D eigenvalue weighted by Crippen LogP contribution is 2.26. The van der Waals surface area contributed by atoms with Crippen molar-refractivity contribution in [2.45, 2.75) is 46.7 Å². The number of nitrogens with one attached hydrogen (secondary N) is 1. The summed E-state index contributed by atoms with van der Waals surface area (Å²) in [6, 6.07) is 21.8. The second kappa shape index (κ2) is 12.7. The molecule has 0 radical (unpaired) electrons. The molecule has 1 N–H and O–H groups in total. The van der Waals surface area contributed by atoms with Crippen LogP contribution in [0.4, 0.5) is 5.69 Å². The van der Waals surface area contributed by atoms with Crippen molar-refractivity contribution in [3.8, 4) is 0 Å². The van der Waals surface area contributed by atoms with Gasteiger partial charge in [-0.25, -0.2) is 8.42 Å². The highest BCUT2D eigenvalue weighted by Gasteiger charge is 2.33. The Balaban J connectivity index is 2.08. The maximum atomic E-state index is 14.1. The van der Waals surface area contributed by atoms with Gasteiger partial charge >= 0.3 is 0 Å². The first-order valence-corrected chi connectivity index (χ1v) is 14.6. The molecule has 202 valence electrons. The Kier molecular flexibility index (Phi) is 9.69. The molecule has 3 rings (SSSR count).